The fraction of sp³-hybridized carbons (Fsp3) is 0.579. The number of nitrogens with zero attached hydrogens (tertiary/aromatic N) is 3. The van der Waals surface area contributed by atoms with E-state index in [-0.39, 0.29) is 68.0 Å². The van der Waals surface area contributed by atoms with Crippen molar-refractivity contribution in [2.75, 3.05) is 26.4 Å². The first-order chi connectivity index (χ1) is 34.7. The summed E-state index contributed by atoms with van der Waals surface area (Å²) in [5.74, 6) is -1.56. The van der Waals surface area contributed by atoms with E-state index in [1.807, 2.05) is 17.0 Å². The highest BCUT2D eigenvalue weighted by atomic mass is 19.1. The molecule has 2 aliphatic heterocycles. The Kier molecular flexibility index (Phi) is 20.4. The first-order valence-corrected chi connectivity index (χ1v) is 26.5. The van der Waals surface area contributed by atoms with Crippen LogP contribution in [0, 0.1) is 33.7 Å². The van der Waals surface area contributed by atoms with Crippen molar-refractivity contribution in [3.05, 3.63) is 118 Å². The summed E-state index contributed by atoms with van der Waals surface area (Å²) in [7, 11) is 0. The third-order valence-electron chi connectivity index (χ3n) is 14.8. The van der Waals surface area contributed by atoms with Crippen LogP contribution < -0.4 is 9.47 Å². The lowest BCUT2D eigenvalue weighted by molar-refractivity contribution is -0.384. The molecule has 1 saturated carbocycles. The molecule has 2 fully saturated rings. The molecular formula is C57H76FN3O10. The number of amides is 1. The van der Waals surface area contributed by atoms with E-state index in [2.05, 4.69) is 19.6 Å². The van der Waals surface area contributed by atoms with Crippen LogP contribution in [0.3, 0.4) is 0 Å². The number of benzene rings is 3. The van der Waals surface area contributed by atoms with Crippen LogP contribution in [0.2, 0.25) is 0 Å². The summed E-state index contributed by atoms with van der Waals surface area (Å²) in [6.07, 6.45) is 20.8. The molecule has 4 aliphatic rings. The number of fused-ring (bicyclic) bond motifs is 2. The lowest BCUT2D eigenvalue weighted by atomic mass is 9.55. The van der Waals surface area contributed by atoms with Crippen LogP contribution in [0.15, 0.2) is 96.2 Å². The van der Waals surface area contributed by atoms with Gasteiger partial charge in [-0.05, 0) is 104 Å². The second-order valence-corrected chi connectivity index (χ2v) is 19.8. The van der Waals surface area contributed by atoms with Crippen LogP contribution >= 0.6 is 0 Å². The SMILES string of the molecule is C=CCO[C@@]12Oc3ccc(Oc4cccc([N+](=O)[O-])c4)cc3[C@H]3[C@H](CCCCO)[C@@H](CCCCO)C=C(C(=NOC4CCCCO4)C[C@@H]1N(Cc1ccc(F)cc1)C(=O)CCCCCCCCCCC)[C@H]32. The predicted molar refractivity (Wildman–Crippen MR) is 272 cm³/mol. The molecule has 0 spiro atoms. The second kappa shape index (κ2) is 27.1. The average Bonchev–Trinajstić information content (AvgIpc) is 3.38. The van der Waals surface area contributed by atoms with Crippen molar-refractivity contribution in [2.45, 2.75) is 166 Å². The quantitative estimate of drug-likeness (QED) is 0.0296. The predicted octanol–water partition coefficient (Wildman–Crippen LogP) is 12.6. The molecule has 2 aliphatic carbocycles. The van der Waals surface area contributed by atoms with Crippen molar-refractivity contribution in [2.24, 2.45) is 22.9 Å². The van der Waals surface area contributed by atoms with Gasteiger partial charge < -0.3 is 38.9 Å². The topological polar surface area (TPSA) is 162 Å². The normalized spacial score (nSPS) is 24.0. The average molecular weight is 982 g/mol. The maximum Gasteiger partial charge on any atom is 0.273 e. The van der Waals surface area contributed by atoms with Gasteiger partial charge in [0.15, 0.2) is 0 Å². The Bertz CT molecular complexity index is 2250. The van der Waals surface area contributed by atoms with E-state index in [0.717, 1.165) is 74.5 Å². The summed E-state index contributed by atoms with van der Waals surface area (Å²) < 4.78 is 41.6. The molecule has 0 aromatic heterocycles. The Balaban J connectivity index is 1.38. The highest BCUT2D eigenvalue weighted by molar-refractivity contribution is 6.03. The van der Waals surface area contributed by atoms with Crippen molar-refractivity contribution < 1.29 is 48.1 Å². The Morgan fingerprint density at radius 2 is 1.66 bits per heavy atom. The van der Waals surface area contributed by atoms with Gasteiger partial charge in [0, 0.05) is 56.6 Å². The lowest BCUT2D eigenvalue weighted by Gasteiger charge is -2.60. The Morgan fingerprint density at radius 1 is 0.930 bits per heavy atom. The largest absolute Gasteiger partial charge is 0.459 e. The van der Waals surface area contributed by atoms with E-state index >= 15 is 4.79 Å². The summed E-state index contributed by atoms with van der Waals surface area (Å²) in [4.78, 5) is 34.8. The molecule has 3 aromatic rings. The number of hydrogen-bond acceptors (Lipinski definition) is 11. The van der Waals surface area contributed by atoms with Crippen LogP contribution in [0.4, 0.5) is 10.1 Å². The van der Waals surface area contributed by atoms with Crippen LogP contribution in [0.25, 0.3) is 0 Å². The van der Waals surface area contributed by atoms with Gasteiger partial charge in [-0.2, -0.15) is 0 Å². The van der Waals surface area contributed by atoms with Crippen LogP contribution in [0.1, 0.15) is 152 Å². The number of rotatable bonds is 29. The van der Waals surface area contributed by atoms with E-state index in [0.29, 0.717) is 61.7 Å². The fourth-order valence-corrected chi connectivity index (χ4v) is 11.3. The van der Waals surface area contributed by atoms with E-state index in [1.165, 1.54) is 56.4 Å². The zero-order valence-corrected chi connectivity index (χ0v) is 41.7. The summed E-state index contributed by atoms with van der Waals surface area (Å²) in [6, 6.07) is 17.2. The van der Waals surface area contributed by atoms with Gasteiger partial charge in [-0.3, -0.25) is 14.9 Å². The summed E-state index contributed by atoms with van der Waals surface area (Å²) >= 11 is 0. The molecule has 386 valence electrons. The summed E-state index contributed by atoms with van der Waals surface area (Å²) in [5.41, 5.74) is 3.06. The molecule has 1 amide bonds. The highest BCUT2D eigenvalue weighted by Gasteiger charge is 2.65. The Morgan fingerprint density at radius 3 is 2.37 bits per heavy atom. The number of nitro groups is 1. The van der Waals surface area contributed by atoms with Crippen molar-refractivity contribution in [3.63, 3.8) is 0 Å². The van der Waals surface area contributed by atoms with Gasteiger partial charge in [-0.15, -0.1) is 6.58 Å². The van der Waals surface area contributed by atoms with Crippen LogP contribution in [0.5, 0.6) is 17.2 Å². The third kappa shape index (κ3) is 13.9. The van der Waals surface area contributed by atoms with Crippen LogP contribution in [-0.4, -0.2) is 76.2 Å². The molecule has 2 heterocycles. The molecule has 7 atom stereocenters. The highest BCUT2D eigenvalue weighted by Crippen LogP contribution is 2.62. The number of hydrogen-bond donors (Lipinski definition) is 2. The first kappa shape index (κ1) is 53.6. The number of carbonyl (C=O) groups excluding carboxylic acids is 1. The number of non-ortho nitro benzene ring substituents is 1. The van der Waals surface area contributed by atoms with E-state index < -0.39 is 29.0 Å². The number of halogens is 1. The van der Waals surface area contributed by atoms with Gasteiger partial charge in [0.2, 0.25) is 18.0 Å². The number of oxime groups is 1. The molecule has 14 heteroatoms. The molecule has 1 unspecified atom stereocenters. The molecule has 2 N–H and O–H groups in total. The molecule has 0 bridgehead atoms. The van der Waals surface area contributed by atoms with E-state index in [4.69, 9.17) is 28.9 Å². The van der Waals surface area contributed by atoms with Crippen molar-refractivity contribution in [1.82, 2.24) is 4.90 Å². The Hall–Kier alpha value is -5.15. The van der Waals surface area contributed by atoms with Crippen LogP contribution in [-0.2, 0) is 25.7 Å². The van der Waals surface area contributed by atoms with Crippen molar-refractivity contribution in [1.29, 1.82) is 0 Å². The number of allylic oxidation sites excluding steroid dienone is 1. The minimum absolute atomic E-state index is 0.00262. The molecule has 3 aromatic carbocycles. The molecule has 0 radical (unpaired) electrons. The summed E-state index contributed by atoms with van der Waals surface area (Å²) in [6.45, 7) is 7.23. The van der Waals surface area contributed by atoms with Crippen molar-refractivity contribution in [3.8, 4) is 17.2 Å². The maximum absolute atomic E-state index is 15.2. The van der Waals surface area contributed by atoms with E-state index in [1.54, 1.807) is 36.4 Å². The van der Waals surface area contributed by atoms with Gasteiger partial charge >= 0.3 is 0 Å². The molecule has 7 rings (SSSR count). The molecular weight excluding hydrogens is 906 g/mol. The zero-order valence-electron chi connectivity index (χ0n) is 41.7. The summed E-state index contributed by atoms with van der Waals surface area (Å²) in [5, 5.41) is 36.9. The van der Waals surface area contributed by atoms with Crippen molar-refractivity contribution >= 4 is 17.3 Å². The smallest absolute Gasteiger partial charge is 0.273 e. The van der Waals surface area contributed by atoms with E-state index in [9.17, 15) is 24.7 Å². The van der Waals surface area contributed by atoms with Gasteiger partial charge in [0.05, 0.1) is 35.8 Å². The number of unbranched alkanes of at least 4 members (excludes halogenated alkanes) is 10. The second-order valence-electron chi connectivity index (χ2n) is 19.8. The molecule has 1 saturated heterocycles. The lowest BCUT2D eigenvalue weighted by Crippen LogP contribution is -2.70. The third-order valence-corrected chi connectivity index (χ3v) is 14.8. The number of aliphatic hydroxyl groups is 2. The van der Waals surface area contributed by atoms with Gasteiger partial charge in [-0.25, -0.2) is 4.39 Å². The number of nitro benzene ring substituents is 1. The molecule has 13 nitrogen and oxygen atoms in total. The monoisotopic (exact) mass is 982 g/mol. The Labute approximate surface area is 419 Å². The maximum atomic E-state index is 15.2. The number of carbonyl (C=O) groups is 1. The minimum Gasteiger partial charge on any atom is -0.459 e. The zero-order chi connectivity index (χ0) is 50.0. The fourth-order valence-electron chi connectivity index (χ4n) is 11.3. The van der Waals surface area contributed by atoms with Gasteiger partial charge in [0.1, 0.15) is 29.1 Å². The number of aliphatic hydroxyl groups excluding tert-OH is 2. The number of ether oxygens (including phenoxy) is 4. The standard InChI is InChI=1S/C57H76FN3O10/c1-3-5-6-7-8-9-10-11-12-24-53(64)60(40-41-26-28-43(58)29-27-41)52-39-50(59-71-54-25-15-18-35-67-54)48-36-42(20-13-16-32-62)47(23-14-17-33-63)55-49-38-46(69-45-22-19-21-44(37-45)61(65)66)30-31-51(49)70-57(52,56(48)55)68-34-4-2/h4,19,21-22,26-31,36-38,42,47,52,54-56,62-63H,2-3,5-18,20,23-25,32-35,39-40H2,1H3/t42-,47+,52-,54?,55+,56+,57+/m0/s1. The van der Waals surface area contributed by atoms with Gasteiger partial charge in [0.25, 0.3) is 5.69 Å². The molecule has 71 heavy (non-hydrogen) atoms. The minimum atomic E-state index is -1.50. The van der Waals surface area contributed by atoms with Gasteiger partial charge in [-0.1, -0.05) is 107 Å². The first-order valence-electron chi connectivity index (χ1n) is 26.5.